The van der Waals surface area contributed by atoms with Gasteiger partial charge in [-0.3, -0.25) is 4.79 Å². The molecule has 3 aromatic rings. The third kappa shape index (κ3) is 3.88. The number of aromatic nitrogens is 2. The van der Waals surface area contributed by atoms with Crippen molar-refractivity contribution in [1.29, 1.82) is 0 Å². The maximum Gasteiger partial charge on any atom is 0.366 e. The highest BCUT2D eigenvalue weighted by atomic mass is 19.1. The Morgan fingerprint density at radius 3 is 2.53 bits per heavy atom. The minimum absolute atomic E-state index is 0.00442. The van der Waals surface area contributed by atoms with Gasteiger partial charge in [0.1, 0.15) is 29.6 Å². The van der Waals surface area contributed by atoms with E-state index in [1.54, 1.807) is 6.07 Å². The van der Waals surface area contributed by atoms with Gasteiger partial charge in [-0.1, -0.05) is 12.1 Å². The molecule has 0 saturated heterocycles. The first-order chi connectivity index (χ1) is 14.4. The lowest BCUT2D eigenvalue weighted by Crippen LogP contribution is -2.47. The molecule has 2 heterocycles. The van der Waals surface area contributed by atoms with Gasteiger partial charge in [0.15, 0.2) is 11.9 Å². The maximum atomic E-state index is 13.7. The Balaban J connectivity index is 1.56. The summed E-state index contributed by atoms with van der Waals surface area (Å²) in [4.78, 5) is 37.5. The number of nitrogens with two attached hydrogens (primary N) is 1. The Kier molecular flexibility index (Phi) is 4.97. The first-order valence-electron chi connectivity index (χ1n) is 8.74. The van der Waals surface area contributed by atoms with E-state index in [-0.39, 0.29) is 29.4 Å². The van der Waals surface area contributed by atoms with Crippen LogP contribution in [0, 0.1) is 11.6 Å². The zero-order valence-electron chi connectivity index (χ0n) is 15.3. The molecule has 2 N–H and O–H groups in total. The highest BCUT2D eigenvalue weighted by Crippen LogP contribution is 2.34. The number of rotatable bonds is 4. The van der Waals surface area contributed by atoms with Gasteiger partial charge in [-0.15, -0.1) is 0 Å². The highest BCUT2D eigenvalue weighted by molar-refractivity contribution is 5.90. The molecule has 1 aliphatic heterocycles. The van der Waals surface area contributed by atoms with Crippen molar-refractivity contribution in [2.75, 3.05) is 11.6 Å². The minimum Gasteiger partial charge on any atom is -0.476 e. The molecule has 0 saturated carbocycles. The summed E-state index contributed by atoms with van der Waals surface area (Å²) in [6.45, 7) is -0.222. The average Bonchev–Trinajstić information content (AvgIpc) is 2.74. The van der Waals surface area contributed by atoms with Gasteiger partial charge in [0.25, 0.3) is 5.91 Å². The number of fused-ring (bicyclic) bond motifs is 1. The number of carbonyl (C=O) groups is 2. The van der Waals surface area contributed by atoms with Crippen molar-refractivity contribution in [3.63, 3.8) is 0 Å². The Labute approximate surface area is 168 Å². The number of hydroxylamine groups is 1. The second-order valence-corrected chi connectivity index (χ2v) is 6.37. The van der Waals surface area contributed by atoms with Crippen LogP contribution >= 0.6 is 0 Å². The summed E-state index contributed by atoms with van der Waals surface area (Å²) in [5.41, 5.74) is 5.85. The number of anilines is 1. The van der Waals surface area contributed by atoms with Gasteiger partial charge in [-0.05, 0) is 24.3 Å². The largest absolute Gasteiger partial charge is 0.476 e. The van der Waals surface area contributed by atoms with Crippen molar-refractivity contribution in [3.8, 4) is 17.1 Å². The third-order valence-corrected chi connectivity index (χ3v) is 4.27. The third-order valence-electron chi connectivity index (χ3n) is 4.27. The molecule has 10 heteroatoms. The first-order valence-corrected chi connectivity index (χ1v) is 8.74. The second-order valence-electron chi connectivity index (χ2n) is 6.37. The number of hydrogen-bond donors (Lipinski definition) is 1. The van der Waals surface area contributed by atoms with Crippen molar-refractivity contribution >= 4 is 17.6 Å². The molecule has 1 aliphatic rings. The van der Waals surface area contributed by atoms with Crippen LogP contribution in [0.4, 0.5) is 14.5 Å². The monoisotopic (exact) mass is 412 g/mol. The van der Waals surface area contributed by atoms with Crippen molar-refractivity contribution in [1.82, 2.24) is 9.97 Å². The summed E-state index contributed by atoms with van der Waals surface area (Å²) in [6, 6.07) is 9.23. The van der Waals surface area contributed by atoms with Gasteiger partial charge < -0.3 is 15.3 Å². The van der Waals surface area contributed by atoms with Crippen LogP contribution < -0.4 is 15.5 Å². The molecular formula is C20H14F2N4O4. The number of nitrogens with zero attached hydrogens (tertiary/aromatic N) is 3. The predicted octanol–water partition coefficient (Wildman–Crippen LogP) is 2.25. The Bertz CT molecular complexity index is 1120. The fourth-order valence-electron chi connectivity index (χ4n) is 2.82. The lowest BCUT2D eigenvalue weighted by atomic mass is 10.2. The first kappa shape index (κ1) is 19.2. The van der Waals surface area contributed by atoms with Gasteiger partial charge in [0.2, 0.25) is 0 Å². The van der Waals surface area contributed by atoms with Gasteiger partial charge in [0.05, 0.1) is 5.56 Å². The number of benzene rings is 2. The maximum absolute atomic E-state index is 13.7. The standard InChI is InChI=1S/C20H14F2N4O4/c21-13-3-1-2-11(6-13)19-24-8-12(9-25-19)20(28)30-26-10-17(18(23)27)29-16-5-4-14(22)7-15(16)26/h1-9,17H,10H2,(H2,23,27). The number of primary amides is 1. The van der Waals surface area contributed by atoms with Crippen LogP contribution in [0.3, 0.4) is 0 Å². The Morgan fingerprint density at radius 1 is 1.10 bits per heavy atom. The van der Waals surface area contributed by atoms with E-state index in [2.05, 4.69) is 9.97 Å². The normalized spacial score (nSPS) is 15.1. The zero-order chi connectivity index (χ0) is 21.3. The molecule has 2 aromatic carbocycles. The highest BCUT2D eigenvalue weighted by Gasteiger charge is 2.32. The molecule has 1 unspecified atom stereocenters. The fraction of sp³-hybridized carbons (Fsp3) is 0.100. The van der Waals surface area contributed by atoms with Crippen LogP contribution in [0.2, 0.25) is 0 Å². The van der Waals surface area contributed by atoms with E-state index < -0.39 is 29.6 Å². The molecule has 1 atom stereocenters. The van der Waals surface area contributed by atoms with Crippen LogP contribution in [0.15, 0.2) is 54.9 Å². The molecule has 0 bridgehead atoms. The van der Waals surface area contributed by atoms with Gasteiger partial charge >= 0.3 is 5.97 Å². The molecule has 30 heavy (non-hydrogen) atoms. The number of carbonyl (C=O) groups excluding carboxylic acids is 2. The van der Waals surface area contributed by atoms with E-state index in [0.29, 0.717) is 5.56 Å². The molecule has 152 valence electrons. The van der Waals surface area contributed by atoms with E-state index in [4.69, 9.17) is 15.3 Å². The number of hydrogen-bond acceptors (Lipinski definition) is 7. The number of amides is 1. The van der Waals surface area contributed by atoms with Crippen LogP contribution in [-0.4, -0.2) is 34.5 Å². The van der Waals surface area contributed by atoms with Gasteiger partial charge in [-0.2, -0.15) is 5.06 Å². The molecule has 8 nitrogen and oxygen atoms in total. The lowest BCUT2D eigenvalue weighted by molar-refractivity contribution is -0.125. The minimum atomic E-state index is -1.10. The van der Waals surface area contributed by atoms with Crippen LogP contribution in [0.25, 0.3) is 11.4 Å². The second kappa shape index (κ2) is 7.74. The molecule has 0 fully saturated rings. The summed E-state index contributed by atoms with van der Waals surface area (Å²) >= 11 is 0. The summed E-state index contributed by atoms with van der Waals surface area (Å²) in [6.07, 6.45) is 1.34. The summed E-state index contributed by atoms with van der Waals surface area (Å²) < 4.78 is 32.4. The summed E-state index contributed by atoms with van der Waals surface area (Å²) in [5, 5.41) is 1.03. The summed E-state index contributed by atoms with van der Waals surface area (Å²) in [5.74, 6) is -2.29. The Hall–Kier alpha value is -4.08. The predicted molar refractivity (Wildman–Crippen MR) is 100 cm³/mol. The molecule has 1 amide bonds. The van der Waals surface area contributed by atoms with E-state index in [1.165, 1.54) is 36.7 Å². The molecule has 0 spiro atoms. The fourth-order valence-corrected chi connectivity index (χ4v) is 2.82. The van der Waals surface area contributed by atoms with Crippen molar-refractivity contribution in [2.45, 2.75) is 6.10 Å². The number of ether oxygens (including phenoxy) is 1. The molecule has 4 rings (SSSR count). The molecular weight excluding hydrogens is 398 g/mol. The topological polar surface area (TPSA) is 108 Å². The summed E-state index contributed by atoms with van der Waals surface area (Å²) in [7, 11) is 0. The zero-order valence-corrected chi connectivity index (χ0v) is 15.3. The van der Waals surface area contributed by atoms with E-state index in [1.807, 2.05) is 0 Å². The Morgan fingerprint density at radius 2 is 1.83 bits per heavy atom. The van der Waals surface area contributed by atoms with E-state index >= 15 is 0 Å². The van der Waals surface area contributed by atoms with Gasteiger partial charge in [-0.25, -0.2) is 23.5 Å². The average molecular weight is 412 g/mol. The lowest BCUT2D eigenvalue weighted by Gasteiger charge is -2.33. The quantitative estimate of drug-likeness (QED) is 0.700. The molecule has 1 aromatic heterocycles. The van der Waals surface area contributed by atoms with Crippen molar-refractivity contribution in [2.24, 2.45) is 5.73 Å². The van der Waals surface area contributed by atoms with Crippen LogP contribution in [-0.2, 0) is 9.63 Å². The van der Waals surface area contributed by atoms with E-state index in [0.717, 1.165) is 17.2 Å². The molecule has 0 aliphatic carbocycles. The van der Waals surface area contributed by atoms with E-state index in [9.17, 15) is 18.4 Å². The van der Waals surface area contributed by atoms with Gasteiger partial charge in [0, 0.05) is 24.0 Å². The SMILES string of the molecule is NC(=O)C1CN(OC(=O)c2cnc(-c3cccc(F)c3)nc2)c2cc(F)ccc2O1. The van der Waals surface area contributed by atoms with Crippen LogP contribution in [0.1, 0.15) is 10.4 Å². The molecule has 0 radical (unpaired) electrons. The van der Waals surface area contributed by atoms with Crippen LogP contribution in [0.5, 0.6) is 5.75 Å². The van der Waals surface area contributed by atoms with Crippen molar-refractivity contribution < 1.29 is 27.9 Å². The van der Waals surface area contributed by atoms with Crippen molar-refractivity contribution in [3.05, 3.63) is 72.1 Å². The smallest absolute Gasteiger partial charge is 0.366 e. The number of halogens is 2.